The first-order valence-electron chi connectivity index (χ1n) is 10.7. The van der Waals surface area contributed by atoms with Crippen molar-refractivity contribution in [3.8, 4) is 5.75 Å². The highest BCUT2D eigenvalue weighted by Gasteiger charge is 2.33. The van der Waals surface area contributed by atoms with E-state index in [1.54, 1.807) is 13.0 Å². The molecule has 2 N–H and O–H groups in total. The zero-order valence-corrected chi connectivity index (χ0v) is 19.2. The Balaban J connectivity index is 1.42. The van der Waals surface area contributed by atoms with E-state index in [2.05, 4.69) is 10.6 Å². The van der Waals surface area contributed by atoms with E-state index in [4.69, 9.17) is 4.74 Å². The quantitative estimate of drug-likeness (QED) is 0.734. The van der Waals surface area contributed by atoms with Crippen LogP contribution in [0.1, 0.15) is 30.9 Å². The van der Waals surface area contributed by atoms with Gasteiger partial charge in [-0.05, 0) is 69.0 Å². The van der Waals surface area contributed by atoms with Crippen LogP contribution in [0.15, 0.2) is 41.3 Å². The molecule has 8 nitrogen and oxygen atoms in total. The molecule has 0 aliphatic carbocycles. The van der Waals surface area contributed by atoms with E-state index in [-0.39, 0.29) is 35.7 Å². The molecule has 0 bridgehead atoms. The topological polar surface area (TPSA) is 105 Å². The highest BCUT2D eigenvalue weighted by atomic mass is 32.2. The predicted octanol–water partition coefficient (Wildman–Crippen LogP) is 3.06. The zero-order chi connectivity index (χ0) is 23.0. The summed E-state index contributed by atoms with van der Waals surface area (Å²) < 4.78 is 33.2. The number of anilines is 2. The van der Waals surface area contributed by atoms with Gasteiger partial charge in [-0.1, -0.05) is 12.1 Å². The van der Waals surface area contributed by atoms with Crippen molar-refractivity contribution >= 4 is 33.2 Å². The number of hydrogen-bond donors (Lipinski definition) is 2. The first-order valence-corrected chi connectivity index (χ1v) is 12.1. The van der Waals surface area contributed by atoms with Crippen LogP contribution in [0.3, 0.4) is 0 Å². The van der Waals surface area contributed by atoms with Gasteiger partial charge in [0.15, 0.2) is 6.10 Å². The first-order chi connectivity index (χ1) is 15.2. The zero-order valence-electron chi connectivity index (χ0n) is 18.3. The summed E-state index contributed by atoms with van der Waals surface area (Å²) in [6, 6.07) is 10.2. The van der Waals surface area contributed by atoms with Gasteiger partial charge in [-0.2, -0.15) is 4.31 Å². The maximum absolute atomic E-state index is 13.1. The lowest BCUT2D eigenvalue weighted by atomic mass is 9.97. The van der Waals surface area contributed by atoms with E-state index in [0.29, 0.717) is 24.3 Å². The lowest BCUT2D eigenvalue weighted by molar-refractivity contribution is -0.123. The number of carbonyl (C=O) groups excluding carboxylic acids is 2. The minimum atomic E-state index is -3.75. The fourth-order valence-electron chi connectivity index (χ4n) is 3.98. The first kappa shape index (κ1) is 22.3. The normalized spacial score (nSPS) is 19.6. The number of aryl methyl sites for hydroxylation is 1. The lowest BCUT2D eigenvalue weighted by Crippen LogP contribution is -2.41. The number of piperidine rings is 1. The van der Waals surface area contributed by atoms with Gasteiger partial charge < -0.3 is 15.4 Å². The van der Waals surface area contributed by atoms with Crippen LogP contribution in [0.2, 0.25) is 0 Å². The maximum Gasteiger partial charge on any atom is 0.265 e. The molecule has 0 radical (unpaired) electrons. The molecule has 2 amide bonds. The van der Waals surface area contributed by atoms with Gasteiger partial charge in [0.1, 0.15) is 5.75 Å². The molecular weight excluding hydrogens is 430 g/mol. The Hall–Kier alpha value is -2.91. The Morgan fingerprint density at radius 1 is 1.16 bits per heavy atom. The average Bonchev–Trinajstić information content (AvgIpc) is 2.77. The number of carbonyl (C=O) groups is 2. The van der Waals surface area contributed by atoms with Crippen LogP contribution in [0.5, 0.6) is 5.75 Å². The van der Waals surface area contributed by atoms with Gasteiger partial charge in [0.2, 0.25) is 15.9 Å². The van der Waals surface area contributed by atoms with Gasteiger partial charge in [0.05, 0.1) is 10.6 Å². The summed E-state index contributed by atoms with van der Waals surface area (Å²) in [7, 11) is -3.75. The van der Waals surface area contributed by atoms with Gasteiger partial charge in [-0.15, -0.1) is 0 Å². The third-order valence-electron chi connectivity index (χ3n) is 6.21. The van der Waals surface area contributed by atoms with Crippen LogP contribution in [-0.2, 0) is 19.6 Å². The van der Waals surface area contributed by atoms with Crippen LogP contribution < -0.4 is 15.4 Å². The van der Waals surface area contributed by atoms with Gasteiger partial charge >= 0.3 is 0 Å². The summed E-state index contributed by atoms with van der Waals surface area (Å²) in [5, 5.41) is 5.67. The summed E-state index contributed by atoms with van der Waals surface area (Å²) in [4.78, 5) is 24.7. The molecule has 0 aromatic heterocycles. The van der Waals surface area contributed by atoms with Crippen molar-refractivity contribution < 1.29 is 22.7 Å². The molecule has 170 valence electrons. The average molecular weight is 458 g/mol. The van der Waals surface area contributed by atoms with E-state index in [9.17, 15) is 18.0 Å². The number of sulfonamides is 1. The molecule has 32 heavy (non-hydrogen) atoms. The van der Waals surface area contributed by atoms with Crippen molar-refractivity contribution in [2.24, 2.45) is 5.92 Å². The van der Waals surface area contributed by atoms with Crippen molar-refractivity contribution in [1.29, 1.82) is 0 Å². The van der Waals surface area contributed by atoms with E-state index in [0.717, 1.165) is 16.8 Å². The molecule has 2 heterocycles. The molecule has 1 atom stereocenters. The molecule has 2 aromatic rings. The van der Waals surface area contributed by atoms with E-state index in [1.807, 2.05) is 32.0 Å². The SMILES string of the molecule is Cc1cccc(NC(=O)C2CCN(S(=O)(=O)c3ccc4c(c3)NC(=O)[C@H](C)O4)CC2)c1C. The largest absolute Gasteiger partial charge is 0.479 e. The number of nitrogens with one attached hydrogen (secondary N) is 2. The molecule has 1 saturated heterocycles. The number of rotatable bonds is 4. The Bertz CT molecular complexity index is 1170. The van der Waals surface area contributed by atoms with Crippen LogP contribution in [0, 0.1) is 19.8 Å². The van der Waals surface area contributed by atoms with Gasteiger partial charge in [0.25, 0.3) is 5.91 Å². The second kappa shape index (κ2) is 8.55. The summed E-state index contributed by atoms with van der Waals surface area (Å²) in [5.74, 6) is -0.210. The molecule has 2 aliphatic heterocycles. The van der Waals surface area contributed by atoms with Gasteiger partial charge in [0, 0.05) is 24.7 Å². The molecule has 2 aliphatic rings. The van der Waals surface area contributed by atoms with Gasteiger partial charge in [-0.25, -0.2) is 8.42 Å². The molecule has 0 spiro atoms. The van der Waals surface area contributed by atoms with E-state index in [1.165, 1.54) is 16.4 Å². The number of fused-ring (bicyclic) bond motifs is 1. The molecular formula is C23H27N3O5S. The third kappa shape index (κ3) is 4.22. The number of nitrogens with zero attached hydrogens (tertiary/aromatic N) is 1. The minimum absolute atomic E-state index is 0.0847. The van der Waals surface area contributed by atoms with Crippen LogP contribution in [0.4, 0.5) is 11.4 Å². The smallest absolute Gasteiger partial charge is 0.265 e. The summed E-state index contributed by atoms with van der Waals surface area (Å²) >= 11 is 0. The van der Waals surface area contributed by atoms with E-state index >= 15 is 0 Å². The van der Waals surface area contributed by atoms with Crippen molar-refractivity contribution in [1.82, 2.24) is 4.31 Å². The standard InChI is InChI=1S/C23H27N3O5S/c1-14-5-4-6-19(15(14)2)24-23(28)17-9-11-26(12-10-17)32(29,30)18-7-8-21-20(13-18)25-22(27)16(3)31-21/h4-8,13,16-17H,9-12H2,1-3H3,(H,24,28)(H,25,27)/t16-/m0/s1. The maximum atomic E-state index is 13.1. The molecule has 0 saturated carbocycles. The molecule has 0 unspecified atom stereocenters. The second-order valence-corrected chi connectivity index (χ2v) is 10.3. The Kier molecular flexibility index (Phi) is 5.96. The summed E-state index contributed by atoms with van der Waals surface area (Å²) in [5.41, 5.74) is 3.26. The monoisotopic (exact) mass is 457 g/mol. The van der Waals surface area contributed by atoms with Crippen LogP contribution in [0.25, 0.3) is 0 Å². The van der Waals surface area contributed by atoms with Crippen molar-refractivity contribution in [2.45, 2.75) is 44.6 Å². The number of benzene rings is 2. The minimum Gasteiger partial charge on any atom is -0.479 e. The highest BCUT2D eigenvalue weighted by molar-refractivity contribution is 7.89. The Morgan fingerprint density at radius 2 is 1.88 bits per heavy atom. The lowest BCUT2D eigenvalue weighted by Gasteiger charge is -2.31. The highest BCUT2D eigenvalue weighted by Crippen LogP contribution is 2.33. The number of ether oxygens (including phenoxy) is 1. The van der Waals surface area contributed by atoms with Crippen molar-refractivity contribution in [2.75, 3.05) is 23.7 Å². The number of hydrogen-bond acceptors (Lipinski definition) is 5. The second-order valence-electron chi connectivity index (χ2n) is 8.32. The number of amides is 2. The van der Waals surface area contributed by atoms with Crippen molar-refractivity contribution in [3.63, 3.8) is 0 Å². The summed E-state index contributed by atoms with van der Waals surface area (Å²) in [6.45, 7) is 6.10. The molecule has 4 rings (SSSR count). The third-order valence-corrected chi connectivity index (χ3v) is 8.10. The Morgan fingerprint density at radius 3 is 2.59 bits per heavy atom. The van der Waals surface area contributed by atoms with Gasteiger partial charge in [-0.3, -0.25) is 9.59 Å². The summed E-state index contributed by atoms with van der Waals surface area (Å²) in [6.07, 6.45) is 0.259. The van der Waals surface area contributed by atoms with Crippen LogP contribution >= 0.6 is 0 Å². The fourth-order valence-corrected chi connectivity index (χ4v) is 5.47. The van der Waals surface area contributed by atoms with E-state index < -0.39 is 16.1 Å². The van der Waals surface area contributed by atoms with Crippen molar-refractivity contribution in [3.05, 3.63) is 47.5 Å². The Labute approximate surface area is 188 Å². The van der Waals surface area contributed by atoms with Crippen LogP contribution in [-0.4, -0.2) is 43.7 Å². The molecule has 2 aromatic carbocycles. The molecule has 1 fully saturated rings. The molecule has 9 heteroatoms. The predicted molar refractivity (Wildman–Crippen MR) is 121 cm³/mol. The fraction of sp³-hybridized carbons (Fsp3) is 0.391.